The predicted octanol–water partition coefficient (Wildman–Crippen LogP) is 6.93. The Hall–Kier alpha value is -3.28. The number of unbranched alkanes of at least 4 members (excludes halogenated alkanes) is 1. The van der Waals surface area contributed by atoms with E-state index in [1.165, 1.54) is 29.2 Å². The van der Waals surface area contributed by atoms with Crippen LogP contribution in [0.1, 0.15) is 44.2 Å². The van der Waals surface area contributed by atoms with E-state index in [1.807, 2.05) is 6.92 Å². The van der Waals surface area contributed by atoms with Crippen LogP contribution in [0.25, 0.3) is 0 Å². The molecule has 0 heterocycles. The summed E-state index contributed by atoms with van der Waals surface area (Å²) >= 11 is 11.8. The number of anilines is 1. The summed E-state index contributed by atoms with van der Waals surface area (Å²) in [5.74, 6) is -1.22. The lowest BCUT2D eigenvalue weighted by Gasteiger charge is -2.33. The number of carbonyl (C=O) groups is 2. The second kappa shape index (κ2) is 14.9. The molecule has 3 rings (SSSR count). The van der Waals surface area contributed by atoms with E-state index in [0.717, 1.165) is 18.6 Å². The summed E-state index contributed by atoms with van der Waals surface area (Å²) in [5.41, 5.74) is -1.06. The minimum atomic E-state index is -4.89. The number of nitrogens with zero attached hydrogens (tertiary/aromatic N) is 2. The van der Waals surface area contributed by atoms with Gasteiger partial charge in [0.05, 0.1) is 21.2 Å². The molecule has 0 radical (unpaired) electrons. The van der Waals surface area contributed by atoms with Crippen LogP contribution >= 0.6 is 23.2 Å². The number of sulfonamides is 1. The van der Waals surface area contributed by atoms with Crippen molar-refractivity contribution in [2.45, 2.75) is 56.8 Å². The SMILES string of the molecule is CCCCNC(=O)[C@H](CC)N(Cc1ccc(Cl)cc1)C(=O)CN(c1ccc(Cl)c(C(F)(F)F)c1)S(=O)(=O)c1ccccc1. The van der Waals surface area contributed by atoms with Crippen LogP contribution in [0.4, 0.5) is 18.9 Å². The van der Waals surface area contributed by atoms with Crippen LogP contribution in [0, 0.1) is 0 Å². The molecular formula is C30H32Cl2F3N3O4S. The van der Waals surface area contributed by atoms with Crippen molar-refractivity contribution in [1.82, 2.24) is 10.2 Å². The zero-order chi connectivity index (χ0) is 31.8. The van der Waals surface area contributed by atoms with Crippen LogP contribution in [0.3, 0.4) is 0 Å². The molecule has 7 nitrogen and oxygen atoms in total. The van der Waals surface area contributed by atoms with Crippen molar-refractivity contribution >= 4 is 50.7 Å². The second-order valence-corrected chi connectivity index (χ2v) is 12.4. The first-order chi connectivity index (χ1) is 20.3. The first-order valence-electron chi connectivity index (χ1n) is 13.6. The van der Waals surface area contributed by atoms with Crippen molar-refractivity contribution in [3.05, 3.63) is 94.0 Å². The van der Waals surface area contributed by atoms with Crippen molar-refractivity contribution in [3.8, 4) is 0 Å². The fourth-order valence-electron chi connectivity index (χ4n) is 4.35. The zero-order valence-corrected chi connectivity index (χ0v) is 25.9. The lowest BCUT2D eigenvalue weighted by molar-refractivity contribution is -0.140. The van der Waals surface area contributed by atoms with Crippen molar-refractivity contribution in [1.29, 1.82) is 0 Å². The first kappa shape index (κ1) is 34.2. The lowest BCUT2D eigenvalue weighted by atomic mass is 10.1. The van der Waals surface area contributed by atoms with Gasteiger partial charge in [0, 0.05) is 18.1 Å². The number of benzene rings is 3. The van der Waals surface area contributed by atoms with E-state index in [4.69, 9.17) is 23.2 Å². The molecule has 1 N–H and O–H groups in total. The molecule has 0 aliphatic heterocycles. The van der Waals surface area contributed by atoms with Crippen LogP contribution in [-0.4, -0.2) is 44.3 Å². The normalized spacial score (nSPS) is 12.4. The highest BCUT2D eigenvalue weighted by molar-refractivity contribution is 7.92. The van der Waals surface area contributed by atoms with Gasteiger partial charge in [0.1, 0.15) is 12.6 Å². The summed E-state index contributed by atoms with van der Waals surface area (Å²) in [4.78, 5) is 28.2. The van der Waals surface area contributed by atoms with Crippen molar-refractivity contribution < 1.29 is 31.2 Å². The van der Waals surface area contributed by atoms with E-state index >= 15 is 0 Å². The highest BCUT2D eigenvalue weighted by atomic mass is 35.5. The summed E-state index contributed by atoms with van der Waals surface area (Å²) in [6.07, 6.45) is -3.14. The molecule has 0 fully saturated rings. The Kier molecular flexibility index (Phi) is 11.9. The van der Waals surface area contributed by atoms with Gasteiger partial charge in [-0.2, -0.15) is 13.2 Å². The van der Waals surface area contributed by atoms with Crippen LogP contribution in [0.5, 0.6) is 0 Å². The lowest BCUT2D eigenvalue weighted by Crippen LogP contribution is -2.52. The number of rotatable bonds is 13. The van der Waals surface area contributed by atoms with Gasteiger partial charge in [-0.1, -0.05) is 73.8 Å². The fraction of sp³-hybridized carbons (Fsp3) is 0.333. The summed E-state index contributed by atoms with van der Waals surface area (Å²) < 4.78 is 69.5. The third-order valence-electron chi connectivity index (χ3n) is 6.64. The number of nitrogens with one attached hydrogen (secondary N) is 1. The molecule has 2 amide bonds. The van der Waals surface area contributed by atoms with Gasteiger partial charge in [-0.3, -0.25) is 13.9 Å². The third kappa shape index (κ3) is 8.87. The molecule has 0 saturated carbocycles. The van der Waals surface area contributed by atoms with Crippen molar-refractivity contribution in [2.24, 2.45) is 0 Å². The predicted molar refractivity (Wildman–Crippen MR) is 161 cm³/mol. The number of halogens is 5. The van der Waals surface area contributed by atoms with Gasteiger partial charge in [-0.05, 0) is 60.9 Å². The molecular weight excluding hydrogens is 626 g/mol. The number of carbonyl (C=O) groups excluding carboxylic acids is 2. The Labute approximate surface area is 259 Å². The van der Waals surface area contributed by atoms with Gasteiger partial charge in [-0.15, -0.1) is 0 Å². The number of hydrogen-bond donors (Lipinski definition) is 1. The number of amides is 2. The van der Waals surface area contributed by atoms with E-state index in [0.29, 0.717) is 33.9 Å². The minimum absolute atomic E-state index is 0.0800. The first-order valence-corrected chi connectivity index (χ1v) is 15.7. The summed E-state index contributed by atoms with van der Waals surface area (Å²) in [6.45, 7) is 3.09. The maximum Gasteiger partial charge on any atom is 0.417 e. The molecule has 13 heteroatoms. The van der Waals surface area contributed by atoms with Gasteiger partial charge in [-0.25, -0.2) is 8.42 Å². The Morgan fingerprint density at radius 3 is 2.19 bits per heavy atom. The van der Waals surface area contributed by atoms with Gasteiger partial charge >= 0.3 is 6.18 Å². The molecule has 0 aromatic heterocycles. The average molecular weight is 659 g/mol. The Bertz CT molecular complexity index is 1510. The maximum absolute atomic E-state index is 14.0. The molecule has 232 valence electrons. The third-order valence-corrected chi connectivity index (χ3v) is 9.00. The molecule has 0 spiro atoms. The molecule has 0 aliphatic rings. The second-order valence-electron chi connectivity index (χ2n) is 9.70. The Morgan fingerprint density at radius 1 is 0.953 bits per heavy atom. The summed E-state index contributed by atoms with van der Waals surface area (Å²) in [5, 5.41) is 2.64. The molecule has 1 atom stereocenters. The van der Waals surface area contributed by atoms with Crippen LogP contribution in [0.15, 0.2) is 77.7 Å². The van der Waals surface area contributed by atoms with Crippen LogP contribution in [-0.2, 0) is 32.3 Å². The quantitative estimate of drug-likeness (QED) is 0.202. The molecule has 43 heavy (non-hydrogen) atoms. The highest BCUT2D eigenvalue weighted by Crippen LogP contribution is 2.38. The Morgan fingerprint density at radius 2 is 1.60 bits per heavy atom. The van der Waals surface area contributed by atoms with Crippen molar-refractivity contribution in [3.63, 3.8) is 0 Å². The minimum Gasteiger partial charge on any atom is -0.354 e. The smallest absolute Gasteiger partial charge is 0.354 e. The molecule has 3 aromatic rings. The fourth-order valence-corrected chi connectivity index (χ4v) is 6.12. The van der Waals surface area contributed by atoms with E-state index in [1.54, 1.807) is 37.3 Å². The van der Waals surface area contributed by atoms with Crippen molar-refractivity contribution in [2.75, 3.05) is 17.4 Å². The molecule has 0 bridgehead atoms. The van der Waals surface area contributed by atoms with Gasteiger partial charge in [0.2, 0.25) is 11.8 Å². The number of hydrogen-bond acceptors (Lipinski definition) is 4. The summed E-state index contributed by atoms with van der Waals surface area (Å²) in [6, 6.07) is 15.2. The average Bonchev–Trinajstić information content (AvgIpc) is 2.97. The van der Waals surface area contributed by atoms with E-state index in [9.17, 15) is 31.2 Å². The van der Waals surface area contributed by atoms with Crippen LogP contribution in [0.2, 0.25) is 10.0 Å². The zero-order valence-electron chi connectivity index (χ0n) is 23.6. The molecule has 3 aromatic carbocycles. The largest absolute Gasteiger partial charge is 0.417 e. The van der Waals surface area contributed by atoms with Crippen LogP contribution < -0.4 is 9.62 Å². The Balaban J connectivity index is 2.11. The maximum atomic E-state index is 14.0. The molecule has 0 aliphatic carbocycles. The van der Waals surface area contributed by atoms with Gasteiger partial charge < -0.3 is 10.2 Å². The summed E-state index contributed by atoms with van der Waals surface area (Å²) in [7, 11) is -4.55. The van der Waals surface area contributed by atoms with Gasteiger partial charge in [0.25, 0.3) is 10.0 Å². The molecule has 0 saturated heterocycles. The van der Waals surface area contributed by atoms with E-state index in [2.05, 4.69) is 5.32 Å². The standard InChI is InChI=1S/C30H32Cl2F3N3O4S/c1-3-5-17-36-29(40)27(4-2)37(19-21-11-13-22(31)14-12-21)28(39)20-38(43(41,42)24-9-7-6-8-10-24)23-15-16-26(32)25(18-23)30(33,34)35/h6-16,18,27H,3-5,17,19-20H2,1-2H3,(H,36,40)/t27-/m0/s1. The monoisotopic (exact) mass is 657 g/mol. The number of alkyl halides is 3. The van der Waals surface area contributed by atoms with E-state index < -0.39 is 56.9 Å². The van der Waals surface area contributed by atoms with E-state index in [-0.39, 0.29) is 17.9 Å². The van der Waals surface area contributed by atoms with Gasteiger partial charge in [0.15, 0.2) is 0 Å². The topological polar surface area (TPSA) is 86.8 Å². The highest BCUT2D eigenvalue weighted by Gasteiger charge is 2.37. The molecule has 0 unspecified atom stereocenters.